The molecule has 0 radical (unpaired) electrons. The quantitative estimate of drug-likeness (QED) is 0.468. The molecule has 1 aromatic heterocycles. The first kappa shape index (κ1) is 25.3. The predicted molar refractivity (Wildman–Crippen MR) is 102 cm³/mol. The Hall–Kier alpha value is 1.23. The third kappa shape index (κ3) is 5.23. The molecule has 122 valence electrons. The van der Waals surface area contributed by atoms with Gasteiger partial charge in [-0.2, -0.15) is 0 Å². The van der Waals surface area contributed by atoms with Gasteiger partial charge in [0.15, 0.2) is 0 Å². The van der Waals surface area contributed by atoms with Crippen LogP contribution in [0.15, 0.2) is 48.5 Å². The van der Waals surface area contributed by atoms with Gasteiger partial charge in [-0.25, -0.2) is 0 Å². The molecule has 0 amide bonds. The molecule has 0 atom stereocenters. The Morgan fingerprint density at radius 2 is 1.58 bits per heavy atom. The van der Waals surface area contributed by atoms with E-state index in [4.69, 9.17) is 11.6 Å². The minimum absolute atomic E-state index is 0. The summed E-state index contributed by atoms with van der Waals surface area (Å²) in [7, 11) is 0. The van der Waals surface area contributed by atoms with Crippen LogP contribution >= 0.6 is 22.9 Å². The van der Waals surface area contributed by atoms with Crippen LogP contribution < -0.4 is 88.7 Å². The summed E-state index contributed by atoms with van der Waals surface area (Å²) in [5.74, 6) is 0.418. The van der Waals surface area contributed by atoms with Gasteiger partial charge in [0.05, 0.1) is 0 Å². The van der Waals surface area contributed by atoms with Crippen molar-refractivity contribution in [1.82, 2.24) is 0 Å². The topological polar surface area (TPSA) is 20.2 Å². The van der Waals surface area contributed by atoms with Gasteiger partial charge in [-0.3, -0.25) is 0 Å². The van der Waals surface area contributed by atoms with Crippen molar-refractivity contribution in [3.63, 3.8) is 0 Å². The number of aryl methyl sites for hydroxylation is 1. The first-order chi connectivity index (χ1) is 11.2. The fourth-order valence-electron chi connectivity index (χ4n) is 3.32. The van der Waals surface area contributed by atoms with Crippen LogP contribution in [-0.2, 0) is 12.8 Å². The van der Waals surface area contributed by atoms with E-state index in [1.807, 2.05) is 24.3 Å². The number of halogens is 1. The SMILES string of the molecule is Oc1c(-c2cc(-c3ccccc3)sc2Cl)ccc2c1CCCC2.[H-].[H-].[H-].[Na+].[Na+].[Na+]. The molecule has 0 bridgehead atoms. The summed E-state index contributed by atoms with van der Waals surface area (Å²) in [4.78, 5) is 1.13. The number of aromatic hydroxyl groups is 1. The van der Waals surface area contributed by atoms with Crippen molar-refractivity contribution in [2.75, 3.05) is 0 Å². The van der Waals surface area contributed by atoms with Gasteiger partial charge in [0.25, 0.3) is 0 Å². The molecule has 1 aliphatic carbocycles. The molecule has 1 heterocycles. The van der Waals surface area contributed by atoms with E-state index in [1.54, 1.807) is 11.3 Å². The fourth-order valence-corrected chi connectivity index (χ4v) is 4.63. The smallest absolute Gasteiger partial charge is 1.00 e. The normalized spacial score (nSPS) is 12.2. The van der Waals surface area contributed by atoms with Gasteiger partial charge >= 0.3 is 88.7 Å². The van der Waals surface area contributed by atoms with E-state index in [9.17, 15) is 5.11 Å². The van der Waals surface area contributed by atoms with Crippen LogP contribution in [0.4, 0.5) is 0 Å². The van der Waals surface area contributed by atoms with Gasteiger partial charge in [0.1, 0.15) is 10.1 Å². The molecule has 0 aliphatic heterocycles. The first-order valence-corrected chi connectivity index (χ1v) is 9.12. The molecule has 1 nitrogen and oxygen atoms in total. The minimum Gasteiger partial charge on any atom is -1.00 e. The number of hydrogen-bond donors (Lipinski definition) is 1. The zero-order valence-corrected chi connectivity index (χ0v) is 23.3. The van der Waals surface area contributed by atoms with E-state index in [2.05, 4.69) is 24.3 Å². The van der Waals surface area contributed by atoms with Gasteiger partial charge in [0, 0.05) is 16.0 Å². The molecule has 1 aliphatic rings. The Morgan fingerprint density at radius 1 is 0.885 bits per heavy atom. The summed E-state index contributed by atoms with van der Waals surface area (Å²) in [5, 5.41) is 10.7. The molecule has 6 heteroatoms. The second-order valence-corrected chi connectivity index (χ2v) is 7.62. The molecule has 0 saturated carbocycles. The molecular weight excluding hydrogens is 393 g/mol. The van der Waals surface area contributed by atoms with Crippen molar-refractivity contribution in [1.29, 1.82) is 0 Å². The number of hydrogen-bond acceptors (Lipinski definition) is 2. The standard InChI is InChI=1S/C20H17ClOS.3Na.3H/c21-20-17(12-18(23-20)14-7-2-1-3-8-14)16-11-10-13-6-4-5-9-15(13)19(16)22;;;;;;/h1-3,7-8,10-12,22H,4-6,9H2;;;;;;/q;3*+1;3*-1. The van der Waals surface area contributed by atoms with Crippen molar-refractivity contribution in [2.45, 2.75) is 25.7 Å². The van der Waals surface area contributed by atoms with Crippen molar-refractivity contribution in [2.24, 2.45) is 0 Å². The molecule has 2 aromatic carbocycles. The van der Waals surface area contributed by atoms with Crippen LogP contribution in [0.2, 0.25) is 4.34 Å². The summed E-state index contributed by atoms with van der Waals surface area (Å²) in [6, 6.07) is 16.5. The maximum Gasteiger partial charge on any atom is 1.00 e. The minimum atomic E-state index is 0. The van der Waals surface area contributed by atoms with Crippen molar-refractivity contribution >= 4 is 22.9 Å². The summed E-state index contributed by atoms with van der Waals surface area (Å²) < 4.78 is 0.731. The first-order valence-electron chi connectivity index (χ1n) is 7.93. The summed E-state index contributed by atoms with van der Waals surface area (Å²) in [6.07, 6.45) is 4.39. The Bertz CT molecular complexity index is 879. The summed E-state index contributed by atoms with van der Waals surface area (Å²) in [5.41, 5.74) is 5.34. The average molecular weight is 413 g/mol. The number of thiophene rings is 1. The molecule has 4 rings (SSSR count). The van der Waals surface area contributed by atoms with Crippen molar-refractivity contribution in [3.05, 3.63) is 64.0 Å². The molecule has 0 fully saturated rings. The second-order valence-electron chi connectivity index (χ2n) is 5.97. The van der Waals surface area contributed by atoms with E-state index in [0.29, 0.717) is 5.75 Å². The van der Waals surface area contributed by atoms with E-state index >= 15 is 0 Å². The number of phenols is 1. The summed E-state index contributed by atoms with van der Waals surface area (Å²) >= 11 is 8.05. The van der Waals surface area contributed by atoms with Crippen LogP contribution in [0, 0.1) is 0 Å². The van der Waals surface area contributed by atoms with E-state index < -0.39 is 0 Å². The number of benzene rings is 2. The molecule has 26 heavy (non-hydrogen) atoms. The van der Waals surface area contributed by atoms with Crippen LogP contribution in [-0.4, -0.2) is 5.11 Å². The third-order valence-corrected chi connectivity index (χ3v) is 5.95. The third-order valence-electron chi connectivity index (χ3n) is 4.54. The van der Waals surface area contributed by atoms with Crippen LogP contribution in [0.3, 0.4) is 0 Å². The monoisotopic (exact) mass is 412 g/mol. The molecule has 1 N–H and O–H groups in total. The molecule has 0 unspecified atom stereocenters. The van der Waals surface area contributed by atoms with Gasteiger partial charge in [-0.1, -0.05) is 54.1 Å². The Labute approximate surface area is 234 Å². The van der Waals surface area contributed by atoms with Gasteiger partial charge in [-0.05, 0) is 48.4 Å². The van der Waals surface area contributed by atoms with E-state index in [1.165, 1.54) is 12.0 Å². The van der Waals surface area contributed by atoms with E-state index in [0.717, 1.165) is 50.7 Å². The number of phenolic OH excluding ortho intramolecular Hbond substituents is 1. The van der Waals surface area contributed by atoms with Crippen molar-refractivity contribution < 1.29 is 98.1 Å². The van der Waals surface area contributed by atoms with Crippen LogP contribution in [0.5, 0.6) is 5.75 Å². The second kappa shape index (κ2) is 11.4. The average Bonchev–Trinajstić information content (AvgIpc) is 2.98. The maximum atomic E-state index is 10.7. The fraction of sp³-hybridized carbons (Fsp3) is 0.200. The molecule has 3 aromatic rings. The van der Waals surface area contributed by atoms with Gasteiger partial charge in [0.2, 0.25) is 0 Å². The van der Waals surface area contributed by atoms with Crippen LogP contribution in [0.1, 0.15) is 28.2 Å². The number of fused-ring (bicyclic) bond motifs is 1. The summed E-state index contributed by atoms with van der Waals surface area (Å²) in [6.45, 7) is 0. The maximum absolute atomic E-state index is 10.7. The molecular formula is C20H20ClNa3OS. The van der Waals surface area contributed by atoms with Gasteiger partial charge < -0.3 is 9.39 Å². The molecule has 0 spiro atoms. The predicted octanol–water partition coefficient (Wildman–Crippen LogP) is -2.33. The number of rotatable bonds is 2. The molecule has 0 saturated heterocycles. The Kier molecular flexibility index (Phi) is 11.1. The van der Waals surface area contributed by atoms with Crippen LogP contribution in [0.25, 0.3) is 21.6 Å². The zero-order chi connectivity index (χ0) is 15.8. The Morgan fingerprint density at radius 3 is 2.31 bits per heavy atom. The van der Waals surface area contributed by atoms with Crippen molar-refractivity contribution in [3.8, 4) is 27.3 Å². The Balaban J connectivity index is -0.00000113. The zero-order valence-electron chi connectivity index (χ0n) is 18.7. The largest absolute Gasteiger partial charge is 1.00 e. The van der Waals surface area contributed by atoms with E-state index in [-0.39, 0.29) is 93.0 Å². The van der Waals surface area contributed by atoms with Gasteiger partial charge in [-0.15, -0.1) is 11.3 Å².